The van der Waals surface area contributed by atoms with Crippen molar-refractivity contribution in [1.82, 2.24) is 15.5 Å². The molecular weight excluding hydrogens is 428 g/mol. The molecule has 0 saturated carbocycles. The third kappa shape index (κ3) is 7.45. The number of aromatic hydroxyl groups is 1. The quantitative estimate of drug-likeness (QED) is 0.335. The van der Waals surface area contributed by atoms with Crippen molar-refractivity contribution in [1.29, 1.82) is 0 Å². The second kappa shape index (κ2) is 11.6. The highest BCUT2D eigenvalue weighted by atomic mass is 16.4. The predicted molar refractivity (Wildman–Crippen MR) is 121 cm³/mol. The highest BCUT2D eigenvalue weighted by molar-refractivity contribution is 5.94. The van der Waals surface area contributed by atoms with Gasteiger partial charge in [0.2, 0.25) is 17.7 Å². The molecule has 0 aromatic heterocycles. The minimum Gasteiger partial charge on any atom is -0.508 e. The number of carboxylic acids is 1. The average Bonchev–Trinajstić information content (AvgIpc) is 3.23. The van der Waals surface area contributed by atoms with Gasteiger partial charge in [-0.25, -0.2) is 4.79 Å². The van der Waals surface area contributed by atoms with Crippen LogP contribution in [0.25, 0.3) is 0 Å². The van der Waals surface area contributed by atoms with Gasteiger partial charge in [0, 0.05) is 13.0 Å². The third-order valence-corrected chi connectivity index (χ3v) is 5.57. The lowest BCUT2D eigenvalue weighted by Gasteiger charge is -2.29. The number of rotatable bonds is 10. The molecule has 10 heteroatoms. The fourth-order valence-electron chi connectivity index (χ4n) is 3.83. The van der Waals surface area contributed by atoms with E-state index in [1.165, 1.54) is 24.0 Å². The number of carbonyl (C=O) groups excluding carboxylic acids is 3. The molecule has 1 saturated heterocycles. The van der Waals surface area contributed by atoms with Crippen molar-refractivity contribution in [3.63, 3.8) is 0 Å². The van der Waals surface area contributed by atoms with E-state index >= 15 is 0 Å². The van der Waals surface area contributed by atoms with Crippen LogP contribution in [0.15, 0.2) is 24.3 Å². The molecule has 1 heterocycles. The van der Waals surface area contributed by atoms with Gasteiger partial charge in [0.25, 0.3) is 0 Å². The minimum absolute atomic E-state index is 0.0549. The highest BCUT2D eigenvalue weighted by Gasteiger charge is 2.38. The van der Waals surface area contributed by atoms with E-state index in [2.05, 4.69) is 10.6 Å². The van der Waals surface area contributed by atoms with E-state index < -0.39 is 47.9 Å². The first-order valence-corrected chi connectivity index (χ1v) is 11.2. The Morgan fingerprint density at radius 3 is 2.21 bits per heavy atom. The van der Waals surface area contributed by atoms with Crippen LogP contribution in [-0.2, 0) is 25.6 Å². The summed E-state index contributed by atoms with van der Waals surface area (Å²) in [5.41, 5.74) is 6.34. The zero-order chi connectivity index (χ0) is 24.7. The first-order valence-electron chi connectivity index (χ1n) is 11.2. The molecule has 1 aliphatic rings. The van der Waals surface area contributed by atoms with Crippen molar-refractivity contribution >= 4 is 23.7 Å². The molecule has 6 N–H and O–H groups in total. The van der Waals surface area contributed by atoms with Crippen LogP contribution in [-0.4, -0.2) is 69.5 Å². The van der Waals surface area contributed by atoms with Gasteiger partial charge in [0.05, 0.1) is 6.04 Å². The van der Waals surface area contributed by atoms with Gasteiger partial charge in [-0.3, -0.25) is 14.4 Å². The summed E-state index contributed by atoms with van der Waals surface area (Å²) >= 11 is 0. The number of amides is 3. The summed E-state index contributed by atoms with van der Waals surface area (Å²) in [5, 5.41) is 24.3. The lowest BCUT2D eigenvalue weighted by Crippen LogP contribution is -2.57. The average molecular weight is 463 g/mol. The molecule has 4 atom stereocenters. The Labute approximate surface area is 193 Å². The number of carbonyl (C=O) groups is 4. The summed E-state index contributed by atoms with van der Waals surface area (Å²) in [7, 11) is 0. The number of hydrogen-bond donors (Lipinski definition) is 5. The van der Waals surface area contributed by atoms with Crippen molar-refractivity contribution in [2.45, 2.75) is 70.6 Å². The highest BCUT2D eigenvalue weighted by Crippen LogP contribution is 2.20. The SMILES string of the molecule is CC(C)CC(NC(=O)C(Cc1ccc(O)cc1)NC(=O)C(C)N)C(=O)N1CCCC1C(=O)O. The molecular formula is C23H34N4O6. The molecule has 33 heavy (non-hydrogen) atoms. The molecule has 0 aliphatic carbocycles. The molecule has 4 unspecified atom stereocenters. The van der Waals surface area contributed by atoms with Gasteiger partial charge in [0.1, 0.15) is 23.9 Å². The van der Waals surface area contributed by atoms with Crippen LogP contribution in [0.5, 0.6) is 5.75 Å². The second-order valence-corrected chi connectivity index (χ2v) is 8.94. The summed E-state index contributed by atoms with van der Waals surface area (Å²) in [6.07, 6.45) is 1.39. The number of benzene rings is 1. The molecule has 1 aromatic rings. The number of phenolic OH excluding ortho intramolecular Hbond substituents is 1. The molecule has 10 nitrogen and oxygen atoms in total. The van der Waals surface area contributed by atoms with Gasteiger partial charge in [0.15, 0.2) is 0 Å². The Balaban J connectivity index is 2.23. The fraction of sp³-hybridized carbons (Fsp3) is 0.565. The summed E-state index contributed by atoms with van der Waals surface area (Å²) in [5.74, 6) is -2.47. The number of aliphatic carboxylic acids is 1. The van der Waals surface area contributed by atoms with Crippen molar-refractivity contribution < 1.29 is 29.4 Å². The maximum Gasteiger partial charge on any atom is 0.326 e. The van der Waals surface area contributed by atoms with E-state index in [0.29, 0.717) is 31.4 Å². The van der Waals surface area contributed by atoms with Gasteiger partial charge in [-0.05, 0) is 49.8 Å². The predicted octanol–water partition coefficient (Wildman–Crippen LogP) is 0.373. The largest absolute Gasteiger partial charge is 0.508 e. The number of hydrogen-bond acceptors (Lipinski definition) is 6. The summed E-state index contributed by atoms with van der Waals surface area (Å²) < 4.78 is 0. The van der Waals surface area contributed by atoms with Crippen LogP contribution in [0.4, 0.5) is 0 Å². The summed E-state index contributed by atoms with van der Waals surface area (Å²) in [6.45, 7) is 5.61. The van der Waals surface area contributed by atoms with E-state index in [9.17, 15) is 29.4 Å². The van der Waals surface area contributed by atoms with Crippen LogP contribution in [0, 0.1) is 5.92 Å². The maximum atomic E-state index is 13.2. The fourth-order valence-corrected chi connectivity index (χ4v) is 3.83. The molecule has 1 aliphatic heterocycles. The molecule has 0 radical (unpaired) electrons. The van der Waals surface area contributed by atoms with Crippen LogP contribution in [0.1, 0.15) is 45.6 Å². The van der Waals surface area contributed by atoms with Crippen molar-refractivity contribution in [2.75, 3.05) is 6.54 Å². The molecule has 3 amide bonds. The Kier molecular flexibility index (Phi) is 9.22. The number of nitrogens with zero attached hydrogens (tertiary/aromatic N) is 1. The van der Waals surface area contributed by atoms with Crippen LogP contribution < -0.4 is 16.4 Å². The van der Waals surface area contributed by atoms with Crippen molar-refractivity contribution in [2.24, 2.45) is 11.7 Å². The van der Waals surface area contributed by atoms with Crippen LogP contribution in [0.2, 0.25) is 0 Å². The Morgan fingerprint density at radius 2 is 1.67 bits per heavy atom. The Hall–Kier alpha value is -3.14. The lowest BCUT2D eigenvalue weighted by atomic mass is 10.00. The van der Waals surface area contributed by atoms with E-state index in [1.807, 2.05) is 13.8 Å². The van der Waals surface area contributed by atoms with Gasteiger partial charge in [-0.15, -0.1) is 0 Å². The summed E-state index contributed by atoms with van der Waals surface area (Å²) in [4.78, 5) is 51.5. The maximum absolute atomic E-state index is 13.2. The summed E-state index contributed by atoms with van der Waals surface area (Å²) in [6, 6.07) is 2.53. The number of nitrogens with one attached hydrogen (secondary N) is 2. The lowest BCUT2D eigenvalue weighted by molar-refractivity contribution is -0.149. The van der Waals surface area contributed by atoms with E-state index in [-0.39, 0.29) is 18.1 Å². The second-order valence-electron chi connectivity index (χ2n) is 8.94. The smallest absolute Gasteiger partial charge is 0.326 e. The normalized spacial score (nSPS) is 18.5. The number of nitrogens with two attached hydrogens (primary N) is 1. The van der Waals surface area contributed by atoms with Gasteiger partial charge >= 0.3 is 5.97 Å². The third-order valence-electron chi connectivity index (χ3n) is 5.57. The zero-order valence-electron chi connectivity index (χ0n) is 19.3. The number of likely N-dealkylation sites (tertiary alicyclic amines) is 1. The molecule has 1 aromatic carbocycles. The van der Waals surface area contributed by atoms with Gasteiger partial charge in [-0.1, -0.05) is 26.0 Å². The first kappa shape index (κ1) is 26.1. The molecule has 1 fully saturated rings. The topological polar surface area (TPSA) is 162 Å². The van der Waals surface area contributed by atoms with Crippen molar-refractivity contribution in [3.8, 4) is 5.75 Å². The minimum atomic E-state index is -1.06. The van der Waals surface area contributed by atoms with Gasteiger partial charge in [-0.2, -0.15) is 0 Å². The standard InChI is InChI=1S/C23H34N4O6/c1-13(2)11-18(22(31)27-10-4-5-19(27)23(32)33)26-21(30)17(25-20(29)14(3)24)12-15-6-8-16(28)9-7-15/h6-9,13-14,17-19,28H,4-5,10-12,24H2,1-3H3,(H,25,29)(H,26,30)(H,32,33). The van der Waals surface area contributed by atoms with Gasteiger partial charge < -0.3 is 31.5 Å². The van der Waals surface area contributed by atoms with Crippen LogP contribution in [0.3, 0.4) is 0 Å². The molecule has 0 spiro atoms. The Bertz CT molecular complexity index is 855. The zero-order valence-corrected chi connectivity index (χ0v) is 19.3. The van der Waals surface area contributed by atoms with Crippen molar-refractivity contribution in [3.05, 3.63) is 29.8 Å². The monoisotopic (exact) mass is 462 g/mol. The molecule has 2 rings (SSSR count). The number of carboxylic acid groups (broad SMARTS) is 1. The number of phenols is 1. The van der Waals surface area contributed by atoms with Crippen LogP contribution >= 0.6 is 0 Å². The van der Waals surface area contributed by atoms with E-state index in [4.69, 9.17) is 5.73 Å². The Morgan fingerprint density at radius 1 is 1.06 bits per heavy atom. The van der Waals surface area contributed by atoms with E-state index in [1.54, 1.807) is 12.1 Å². The molecule has 0 bridgehead atoms. The first-order chi connectivity index (χ1) is 15.5. The molecule has 182 valence electrons. The van der Waals surface area contributed by atoms with E-state index in [0.717, 1.165) is 0 Å².